The first kappa shape index (κ1) is 12.1. The van der Waals surface area contributed by atoms with Crippen LogP contribution in [0.3, 0.4) is 0 Å². The summed E-state index contributed by atoms with van der Waals surface area (Å²) >= 11 is 0. The topological polar surface area (TPSA) is 96.8 Å². The van der Waals surface area contributed by atoms with Gasteiger partial charge in [0.15, 0.2) is 17.5 Å². The quantitative estimate of drug-likeness (QED) is 0.750. The third-order valence-corrected chi connectivity index (χ3v) is 2.71. The van der Waals surface area contributed by atoms with Crippen LogP contribution in [0.5, 0.6) is 11.5 Å². The fraction of sp³-hybridized carbons (Fsp3) is 0.0769. The predicted octanol–water partition coefficient (Wildman–Crippen LogP) is 1.64. The van der Waals surface area contributed by atoms with Crippen molar-refractivity contribution in [1.82, 2.24) is 25.1 Å². The molecular formula is C13H11N5O2. The van der Waals surface area contributed by atoms with Gasteiger partial charge in [0, 0.05) is 18.5 Å². The Bertz CT molecular complexity index is 727. The molecule has 3 rings (SSSR count). The number of aromatic nitrogens is 5. The van der Waals surface area contributed by atoms with Crippen LogP contribution >= 0.6 is 0 Å². The number of aromatic amines is 1. The number of benzene rings is 1. The van der Waals surface area contributed by atoms with Crippen LogP contribution < -0.4 is 4.74 Å². The Hall–Kier alpha value is -2.96. The molecule has 0 aliphatic carbocycles. The molecule has 0 bridgehead atoms. The van der Waals surface area contributed by atoms with E-state index < -0.39 is 0 Å². The van der Waals surface area contributed by atoms with Crippen LogP contribution in [0.1, 0.15) is 0 Å². The van der Waals surface area contributed by atoms with Crippen molar-refractivity contribution < 1.29 is 9.84 Å². The molecule has 1 aromatic carbocycles. The molecule has 0 fully saturated rings. The molecule has 0 unspecified atom stereocenters. The average Bonchev–Trinajstić information content (AvgIpc) is 2.97. The summed E-state index contributed by atoms with van der Waals surface area (Å²) in [4.78, 5) is 12.4. The lowest BCUT2D eigenvalue weighted by Gasteiger charge is -2.03. The molecule has 2 N–H and O–H groups in total. The van der Waals surface area contributed by atoms with E-state index in [1.54, 1.807) is 30.6 Å². The molecule has 2 aromatic heterocycles. The van der Waals surface area contributed by atoms with Gasteiger partial charge >= 0.3 is 0 Å². The SMILES string of the molecule is COc1ccc(-c2n[nH]c(-c3ncccn3)n2)c(O)c1. The Kier molecular flexibility index (Phi) is 3.00. The zero-order chi connectivity index (χ0) is 13.9. The maximum absolute atomic E-state index is 9.95. The van der Waals surface area contributed by atoms with Crippen molar-refractivity contribution in [2.45, 2.75) is 0 Å². The largest absolute Gasteiger partial charge is 0.507 e. The lowest BCUT2D eigenvalue weighted by atomic mass is 10.2. The predicted molar refractivity (Wildman–Crippen MR) is 71.1 cm³/mol. The lowest BCUT2D eigenvalue weighted by Crippen LogP contribution is -1.88. The Labute approximate surface area is 114 Å². The summed E-state index contributed by atoms with van der Waals surface area (Å²) in [6, 6.07) is 6.64. The van der Waals surface area contributed by atoms with Gasteiger partial charge in [0.25, 0.3) is 0 Å². The van der Waals surface area contributed by atoms with Crippen LogP contribution in [-0.2, 0) is 0 Å². The number of phenols is 1. The van der Waals surface area contributed by atoms with Gasteiger partial charge in [-0.25, -0.2) is 15.0 Å². The van der Waals surface area contributed by atoms with E-state index in [-0.39, 0.29) is 5.75 Å². The van der Waals surface area contributed by atoms with Crippen LogP contribution in [0.4, 0.5) is 0 Å². The third kappa shape index (κ3) is 2.16. The van der Waals surface area contributed by atoms with E-state index >= 15 is 0 Å². The van der Waals surface area contributed by atoms with Crippen molar-refractivity contribution in [3.8, 4) is 34.5 Å². The van der Waals surface area contributed by atoms with E-state index in [1.807, 2.05) is 0 Å². The number of methoxy groups -OCH3 is 1. The van der Waals surface area contributed by atoms with Gasteiger partial charge in [-0.1, -0.05) is 0 Å². The minimum atomic E-state index is 0.0453. The molecular weight excluding hydrogens is 258 g/mol. The van der Waals surface area contributed by atoms with Gasteiger partial charge in [-0.15, -0.1) is 0 Å². The normalized spacial score (nSPS) is 10.4. The van der Waals surface area contributed by atoms with Gasteiger partial charge in [0.1, 0.15) is 11.5 Å². The summed E-state index contributed by atoms with van der Waals surface area (Å²) in [5, 5.41) is 16.8. The van der Waals surface area contributed by atoms with E-state index in [0.717, 1.165) is 0 Å². The number of phenolic OH excluding ortho intramolecular Hbond substituents is 1. The maximum atomic E-state index is 9.95. The van der Waals surface area contributed by atoms with E-state index in [2.05, 4.69) is 25.1 Å². The molecule has 7 nitrogen and oxygen atoms in total. The van der Waals surface area contributed by atoms with Crippen molar-refractivity contribution >= 4 is 0 Å². The molecule has 0 aliphatic heterocycles. The number of hydrogen-bond acceptors (Lipinski definition) is 6. The molecule has 0 saturated heterocycles. The molecule has 0 atom stereocenters. The Balaban J connectivity index is 1.98. The van der Waals surface area contributed by atoms with Gasteiger partial charge in [0.2, 0.25) is 0 Å². The van der Waals surface area contributed by atoms with Crippen molar-refractivity contribution in [2.75, 3.05) is 7.11 Å². The van der Waals surface area contributed by atoms with E-state index in [0.29, 0.717) is 28.8 Å². The minimum absolute atomic E-state index is 0.0453. The molecule has 3 aromatic rings. The number of hydrogen-bond donors (Lipinski definition) is 2. The molecule has 0 saturated carbocycles. The molecule has 20 heavy (non-hydrogen) atoms. The highest BCUT2D eigenvalue weighted by atomic mass is 16.5. The van der Waals surface area contributed by atoms with Gasteiger partial charge in [0.05, 0.1) is 12.7 Å². The molecule has 0 radical (unpaired) electrons. The number of aromatic hydroxyl groups is 1. The molecule has 2 heterocycles. The first-order chi connectivity index (χ1) is 9.78. The summed E-state index contributed by atoms with van der Waals surface area (Å²) in [6.07, 6.45) is 3.24. The van der Waals surface area contributed by atoms with E-state index in [1.165, 1.54) is 13.2 Å². The standard InChI is InChI=1S/C13H11N5O2/c1-20-8-3-4-9(10(19)7-8)11-16-13(18-17-11)12-14-5-2-6-15-12/h2-7,19H,1H3,(H,16,17,18). The first-order valence-electron chi connectivity index (χ1n) is 5.85. The van der Waals surface area contributed by atoms with E-state index in [9.17, 15) is 5.11 Å². The van der Waals surface area contributed by atoms with Gasteiger partial charge in [-0.3, -0.25) is 5.10 Å². The number of nitrogens with one attached hydrogen (secondary N) is 1. The lowest BCUT2D eigenvalue weighted by molar-refractivity contribution is 0.408. The number of nitrogens with zero attached hydrogens (tertiary/aromatic N) is 4. The third-order valence-electron chi connectivity index (χ3n) is 2.71. The maximum Gasteiger partial charge on any atom is 0.197 e. The number of H-pyrrole nitrogens is 1. The van der Waals surface area contributed by atoms with Gasteiger partial charge < -0.3 is 9.84 Å². The fourth-order valence-electron chi connectivity index (χ4n) is 1.73. The van der Waals surface area contributed by atoms with Crippen LogP contribution in [-0.4, -0.2) is 37.4 Å². The highest BCUT2D eigenvalue weighted by Crippen LogP contribution is 2.30. The first-order valence-corrected chi connectivity index (χ1v) is 5.85. The molecule has 7 heteroatoms. The summed E-state index contributed by atoms with van der Waals surface area (Å²) < 4.78 is 5.03. The summed E-state index contributed by atoms with van der Waals surface area (Å²) in [5.74, 6) is 1.86. The number of rotatable bonds is 3. The van der Waals surface area contributed by atoms with Crippen molar-refractivity contribution in [3.05, 3.63) is 36.7 Å². The second-order valence-electron chi connectivity index (χ2n) is 3.96. The minimum Gasteiger partial charge on any atom is -0.507 e. The van der Waals surface area contributed by atoms with Gasteiger partial charge in [-0.05, 0) is 18.2 Å². The molecule has 0 amide bonds. The molecule has 0 aliphatic rings. The highest BCUT2D eigenvalue weighted by molar-refractivity contribution is 5.66. The zero-order valence-electron chi connectivity index (χ0n) is 10.6. The van der Waals surface area contributed by atoms with Crippen LogP contribution in [0.15, 0.2) is 36.7 Å². The fourth-order valence-corrected chi connectivity index (χ4v) is 1.73. The second-order valence-corrected chi connectivity index (χ2v) is 3.96. The van der Waals surface area contributed by atoms with E-state index in [4.69, 9.17) is 4.74 Å². The Morgan fingerprint density at radius 3 is 2.65 bits per heavy atom. The average molecular weight is 269 g/mol. The molecule has 100 valence electrons. The molecule has 0 spiro atoms. The summed E-state index contributed by atoms with van der Waals surface area (Å²) in [6.45, 7) is 0. The second kappa shape index (κ2) is 4.96. The van der Waals surface area contributed by atoms with Crippen molar-refractivity contribution in [2.24, 2.45) is 0 Å². The zero-order valence-corrected chi connectivity index (χ0v) is 10.6. The van der Waals surface area contributed by atoms with Crippen molar-refractivity contribution in [3.63, 3.8) is 0 Å². The van der Waals surface area contributed by atoms with Crippen LogP contribution in [0.25, 0.3) is 23.0 Å². The van der Waals surface area contributed by atoms with Crippen LogP contribution in [0.2, 0.25) is 0 Å². The number of ether oxygens (including phenoxy) is 1. The van der Waals surface area contributed by atoms with Gasteiger partial charge in [-0.2, -0.15) is 5.10 Å². The van der Waals surface area contributed by atoms with Crippen LogP contribution in [0, 0.1) is 0 Å². The Morgan fingerprint density at radius 1 is 1.15 bits per heavy atom. The summed E-state index contributed by atoms with van der Waals surface area (Å²) in [5.41, 5.74) is 0.504. The highest BCUT2D eigenvalue weighted by Gasteiger charge is 2.13. The Morgan fingerprint density at radius 2 is 1.95 bits per heavy atom. The monoisotopic (exact) mass is 269 g/mol. The van der Waals surface area contributed by atoms with Crippen molar-refractivity contribution in [1.29, 1.82) is 0 Å². The smallest absolute Gasteiger partial charge is 0.197 e. The summed E-state index contributed by atoms with van der Waals surface area (Å²) in [7, 11) is 1.53.